The number of halogens is 2. The third-order valence-electron chi connectivity index (χ3n) is 1.96. The third kappa shape index (κ3) is 2.32. The second kappa shape index (κ2) is 4.78. The predicted octanol–water partition coefficient (Wildman–Crippen LogP) is 1.47. The van der Waals surface area contributed by atoms with Crippen LogP contribution in [0.1, 0.15) is 5.82 Å². The number of rotatable bonds is 3. The van der Waals surface area contributed by atoms with Crippen molar-refractivity contribution in [1.29, 1.82) is 0 Å². The molecule has 0 atom stereocenters. The smallest absolute Gasteiger partial charge is 0.176 e. The number of hydrogen-bond acceptors (Lipinski definition) is 4. The quantitative estimate of drug-likeness (QED) is 0.905. The molecule has 0 aliphatic carbocycles. The Morgan fingerprint density at radius 3 is 2.75 bits per heavy atom. The number of nitrogens with zero attached hydrogens (tertiary/aromatic N) is 4. The van der Waals surface area contributed by atoms with Crippen LogP contribution >= 0.6 is 23.2 Å². The molecular weight excluding hydrogens is 249 g/mol. The normalized spacial score (nSPS) is 10.7. The Balaban J connectivity index is 2.31. The summed E-state index contributed by atoms with van der Waals surface area (Å²) in [7, 11) is 0. The zero-order chi connectivity index (χ0) is 11.5. The molecule has 0 bridgehead atoms. The van der Waals surface area contributed by atoms with Gasteiger partial charge in [0.15, 0.2) is 5.82 Å². The highest BCUT2D eigenvalue weighted by Crippen LogP contribution is 2.23. The van der Waals surface area contributed by atoms with Crippen molar-refractivity contribution in [2.24, 2.45) is 5.73 Å². The minimum absolute atomic E-state index is 0.455. The van der Waals surface area contributed by atoms with Gasteiger partial charge in [-0.3, -0.25) is 0 Å². The van der Waals surface area contributed by atoms with Gasteiger partial charge in [0.1, 0.15) is 0 Å². The van der Waals surface area contributed by atoms with E-state index in [9.17, 15) is 0 Å². The Bertz CT molecular complexity index is 496. The summed E-state index contributed by atoms with van der Waals surface area (Å²) < 4.78 is 0. The summed E-state index contributed by atoms with van der Waals surface area (Å²) in [6.45, 7) is 0.493. The minimum atomic E-state index is 0.455. The van der Waals surface area contributed by atoms with Crippen LogP contribution in [0.25, 0.3) is 5.69 Å². The lowest BCUT2D eigenvalue weighted by Gasteiger charge is -2.00. The molecular formula is C9H9Cl2N5. The molecule has 1 aromatic heterocycles. The van der Waals surface area contributed by atoms with E-state index < -0.39 is 0 Å². The number of nitrogens with two attached hydrogens (primary N) is 1. The van der Waals surface area contributed by atoms with Gasteiger partial charge in [-0.1, -0.05) is 23.2 Å². The second-order valence-electron chi connectivity index (χ2n) is 3.13. The molecule has 16 heavy (non-hydrogen) atoms. The molecule has 2 N–H and O–H groups in total. The maximum Gasteiger partial charge on any atom is 0.176 e. The average molecular weight is 258 g/mol. The molecule has 0 fully saturated rings. The standard InChI is InChI=1S/C9H9Cl2N5/c10-7-2-1-6(5-8(7)11)16-14-9(3-4-12)13-15-16/h1-2,5H,3-4,12H2. The molecule has 0 aliphatic rings. The first-order valence-corrected chi connectivity index (χ1v) is 5.40. The van der Waals surface area contributed by atoms with E-state index in [2.05, 4.69) is 15.4 Å². The van der Waals surface area contributed by atoms with Crippen LogP contribution in [0, 0.1) is 0 Å². The van der Waals surface area contributed by atoms with Gasteiger partial charge >= 0.3 is 0 Å². The Morgan fingerprint density at radius 2 is 2.06 bits per heavy atom. The lowest BCUT2D eigenvalue weighted by Crippen LogP contribution is -2.05. The highest BCUT2D eigenvalue weighted by Gasteiger charge is 2.06. The summed E-state index contributed by atoms with van der Waals surface area (Å²) in [6, 6.07) is 5.13. The van der Waals surface area contributed by atoms with Gasteiger partial charge < -0.3 is 5.73 Å². The second-order valence-corrected chi connectivity index (χ2v) is 3.95. The Hall–Kier alpha value is -1.17. The number of benzene rings is 1. The fourth-order valence-corrected chi connectivity index (χ4v) is 1.48. The van der Waals surface area contributed by atoms with Crippen molar-refractivity contribution in [1.82, 2.24) is 20.2 Å². The fraction of sp³-hybridized carbons (Fsp3) is 0.222. The molecule has 0 radical (unpaired) electrons. The van der Waals surface area contributed by atoms with Crippen LogP contribution in [-0.4, -0.2) is 26.8 Å². The van der Waals surface area contributed by atoms with Crippen molar-refractivity contribution in [3.63, 3.8) is 0 Å². The van der Waals surface area contributed by atoms with Crippen molar-refractivity contribution in [3.8, 4) is 5.69 Å². The molecule has 0 spiro atoms. The van der Waals surface area contributed by atoms with Gasteiger partial charge in [-0.25, -0.2) is 0 Å². The summed E-state index contributed by atoms with van der Waals surface area (Å²) in [5.74, 6) is 0.605. The average Bonchev–Trinajstić information content (AvgIpc) is 2.71. The molecule has 2 aromatic rings. The highest BCUT2D eigenvalue weighted by atomic mass is 35.5. The maximum absolute atomic E-state index is 5.89. The molecule has 0 unspecified atom stereocenters. The fourth-order valence-electron chi connectivity index (χ4n) is 1.19. The van der Waals surface area contributed by atoms with Crippen LogP contribution in [0.3, 0.4) is 0 Å². The van der Waals surface area contributed by atoms with E-state index in [1.165, 1.54) is 4.80 Å². The monoisotopic (exact) mass is 257 g/mol. The summed E-state index contributed by atoms with van der Waals surface area (Å²) in [6.07, 6.45) is 0.599. The van der Waals surface area contributed by atoms with Crippen molar-refractivity contribution in [2.75, 3.05) is 6.54 Å². The number of hydrogen-bond donors (Lipinski definition) is 1. The molecule has 0 amide bonds. The number of tetrazole rings is 1. The van der Waals surface area contributed by atoms with E-state index in [1.807, 2.05) is 0 Å². The van der Waals surface area contributed by atoms with Gasteiger partial charge in [0.05, 0.1) is 15.7 Å². The van der Waals surface area contributed by atoms with E-state index in [-0.39, 0.29) is 0 Å². The highest BCUT2D eigenvalue weighted by molar-refractivity contribution is 6.42. The van der Waals surface area contributed by atoms with Crippen molar-refractivity contribution in [2.45, 2.75) is 6.42 Å². The first-order chi connectivity index (χ1) is 7.70. The lowest BCUT2D eigenvalue weighted by molar-refractivity contribution is 0.717. The van der Waals surface area contributed by atoms with Crippen LogP contribution in [0.15, 0.2) is 18.2 Å². The Kier molecular flexibility index (Phi) is 3.38. The zero-order valence-electron chi connectivity index (χ0n) is 8.27. The van der Waals surface area contributed by atoms with E-state index in [4.69, 9.17) is 28.9 Å². The summed E-state index contributed by atoms with van der Waals surface area (Å²) in [4.78, 5) is 1.40. The van der Waals surface area contributed by atoms with E-state index in [1.54, 1.807) is 18.2 Å². The third-order valence-corrected chi connectivity index (χ3v) is 2.70. The Labute approximate surface area is 102 Å². The molecule has 0 saturated carbocycles. The van der Waals surface area contributed by atoms with Crippen LogP contribution in [0.5, 0.6) is 0 Å². The SMILES string of the molecule is NCCc1nnn(-c2ccc(Cl)c(Cl)c2)n1. The van der Waals surface area contributed by atoms with Crippen molar-refractivity contribution >= 4 is 23.2 Å². The molecule has 84 valence electrons. The van der Waals surface area contributed by atoms with E-state index in [0.29, 0.717) is 34.5 Å². The molecule has 2 rings (SSSR count). The van der Waals surface area contributed by atoms with Gasteiger partial charge in [0, 0.05) is 6.42 Å². The van der Waals surface area contributed by atoms with E-state index in [0.717, 1.165) is 0 Å². The minimum Gasteiger partial charge on any atom is -0.330 e. The molecule has 1 aromatic carbocycles. The van der Waals surface area contributed by atoms with Crippen LogP contribution in [0.2, 0.25) is 10.0 Å². The zero-order valence-corrected chi connectivity index (χ0v) is 9.78. The van der Waals surface area contributed by atoms with Crippen LogP contribution < -0.4 is 5.73 Å². The topological polar surface area (TPSA) is 69.6 Å². The molecule has 0 saturated heterocycles. The van der Waals surface area contributed by atoms with Crippen LogP contribution in [0.4, 0.5) is 0 Å². The van der Waals surface area contributed by atoms with Gasteiger partial charge in [-0.15, -0.1) is 15.0 Å². The molecule has 1 heterocycles. The van der Waals surface area contributed by atoms with Gasteiger partial charge in [0.2, 0.25) is 0 Å². The van der Waals surface area contributed by atoms with Crippen molar-refractivity contribution in [3.05, 3.63) is 34.1 Å². The molecule has 0 aliphatic heterocycles. The van der Waals surface area contributed by atoms with E-state index >= 15 is 0 Å². The van der Waals surface area contributed by atoms with Gasteiger partial charge in [0.25, 0.3) is 0 Å². The summed E-state index contributed by atoms with van der Waals surface area (Å²) in [5, 5.41) is 12.9. The maximum atomic E-state index is 5.89. The number of aromatic nitrogens is 4. The Morgan fingerprint density at radius 1 is 1.25 bits per heavy atom. The predicted molar refractivity (Wildman–Crippen MR) is 61.9 cm³/mol. The summed E-state index contributed by atoms with van der Waals surface area (Å²) in [5.41, 5.74) is 6.11. The molecule has 7 heteroatoms. The van der Waals surface area contributed by atoms with Crippen LogP contribution in [-0.2, 0) is 6.42 Å². The van der Waals surface area contributed by atoms with Gasteiger partial charge in [-0.05, 0) is 30.0 Å². The lowest BCUT2D eigenvalue weighted by atomic mass is 10.3. The molecule has 5 nitrogen and oxygen atoms in total. The van der Waals surface area contributed by atoms with Crippen molar-refractivity contribution < 1.29 is 0 Å². The first-order valence-electron chi connectivity index (χ1n) is 4.65. The van der Waals surface area contributed by atoms with Gasteiger partial charge in [-0.2, -0.15) is 0 Å². The first kappa shape index (κ1) is 11.3. The summed E-state index contributed by atoms with van der Waals surface area (Å²) >= 11 is 11.7. The largest absolute Gasteiger partial charge is 0.330 e.